The second kappa shape index (κ2) is 14.4. The van der Waals surface area contributed by atoms with Crippen molar-refractivity contribution in [1.82, 2.24) is 10.6 Å². The molecule has 0 aliphatic carbocycles. The lowest BCUT2D eigenvalue weighted by atomic mass is 10.2. The maximum atomic E-state index is 5.59. The average Bonchev–Trinajstić information content (AvgIpc) is 2.63. The molecule has 6 heteroatoms. The minimum atomic E-state index is 0.559. The fourth-order valence-electron chi connectivity index (χ4n) is 2.15. The van der Waals surface area contributed by atoms with Crippen LogP contribution in [-0.4, -0.2) is 52.6 Å². The number of rotatable bonds is 13. The van der Waals surface area contributed by atoms with Crippen LogP contribution in [0.5, 0.6) is 5.75 Å². The summed E-state index contributed by atoms with van der Waals surface area (Å²) in [5, 5.41) is 6.61. The fourth-order valence-corrected chi connectivity index (χ4v) is 2.15. The third-order valence-electron chi connectivity index (χ3n) is 3.45. The van der Waals surface area contributed by atoms with Crippen LogP contribution in [0.15, 0.2) is 29.3 Å². The summed E-state index contributed by atoms with van der Waals surface area (Å²) >= 11 is 0. The van der Waals surface area contributed by atoms with Gasteiger partial charge in [0, 0.05) is 33.4 Å². The Kier molecular flexibility index (Phi) is 12.3. The normalized spacial score (nSPS) is 11.7. The Bertz CT molecular complexity index is 490. The minimum Gasteiger partial charge on any atom is -0.491 e. The number of methoxy groups -OCH3 is 1. The first-order chi connectivity index (χ1) is 12.7. The van der Waals surface area contributed by atoms with E-state index in [1.807, 2.05) is 24.3 Å². The van der Waals surface area contributed by atoms with Crippen molar-refractivity contribution in [3.63, 3.8) is 0 Å². The monoisotopic (exact) mass is 365 g/mol. The highest BCUT2D eigenvalue weighted by Gasteiger charge is 1.99. The zero-order chi connectivity index (χ0) is 19.0. The molecule has 0 radical (unpaired) electrons. The van der Waals surface area contributed by atoms with E-state index in [1.54, 1.807) is 7.11 Å². The number of nitrogens with zero attached hydrogens (tertiary/aromatic N) is 1. The highest BCUT2D eigenvalue weighted by molar-refractivity contribution is 5.79. The smallest absolute Gasteiger partial charge is 0.191 e. The van der Waals surface area contributed by atoms with E-state index < -0.39 is 0 Å². The van der Waals surface area contributed by atoms with Crippen molar-refractivity contribution in [1.29, 1.82) is 0 Å². The van der Waals surface area contributed by atoms with E-state index in [9.17, 15) is 0 Å². The highest BCUT2D eigenvalue weighted by atomic mass is 16.5. The Morgan fingerprint density at radius 2 is 1.85 bits per heavy atom. The molecule has 26 heavy (non-hydrogen) atoms. The van der Waals surface area contributed by atoms with Crippen LogP contribution < -0.4 is 15.4 Å². The van der Waals surface area contributed by atoms with Gasteiger partial charge in [-0.15, -0.1) is 0 Å². The molecule has 0 unspecified atom stereocenters. The fraction of sp³-hybridized carbons (Fsp3) is 0.650. The maximum absolute atomic E-state index is 5.59. The number of guanidine groups is 1. The molecule has 0 aliphatic rings. The number of benzene rings is 1. The maximum Gasteiger partial charge on any atom is 0.191 e. The third kappa shape index (κ3) is 10.9. The summed E-state index contributed by atoms with van der Waals surface area (Å²) in [5.74, 6) is 2.26. The quantitative estimate of drug-likeness (QED) is 0.320. The average molecular weight is 366 g/mol. The molecule has 6 nitrogen and oxygen atoms in total. The first kappa shape index (κ1) is 22.3. The molecule has 0 fully saturated rings. The summed E-state index contributed by atoms with van der Waals surface area (Å²) in [7, 11) is 1.67. The van der Waals surface area contributed by atoms with Crippen molar-refractivity contribution in [2.75, 3.05) is 46.6 Å². The van der Waals surface area contributed by atoms with E-state index >= 15 is 0 Å². The number of hydrogen-bond acceptors (Lipinski definition) is 4. The van der Waals surface area contributed by atoms with Crippen molar-refractivity contribution in [3.8, 4) is 5.75 Å². The topological polar surface area (TPSA) is 64.1 Å². The van der Waals surface area contributed by atoms with Crippen LogP contribution in [-0.2, 0) is 16.0 Å². The third-order valence-corrected chi connectivity index (χ3v) is 3.45. The number of hydrogen-bond donors (Lipinski definition) is 2. The van der Waals surface area contributed by atoms with Gasteiger partial charge < -0.3 is 24.8 Å². The molecule has 1 aromatic rings. The van der Waals surface area contributed by atoms with Crippen LogP contribution in [0.4, 0.5) is 0 Å². The van der Waals surface area contributed by atoms with Crippen molar-refractivity contribution >= 4 is 5.96 Å². The molecule has 0 spiro atoms. The number of ether oxygens (including phenoxy) is 3. The zero-order valence-electron chi connectivity index (χ0n) is 16.7. The van der Waals surface area contributed by atoms with Crippen LogP contribution >= 0.6 is 0 Å². The molecule has 1 aromatic carbocycles. The molecule has 0 amide bonds. The summed E-state index contributed by atoms with van der Waals surface area (Å²) in [6.07, 6.45) is 0.963. The predicted octanol–water partition coefficient (Wildman–Crippen LogP) is 2.83. The highest BCUT2D eigenvalue weighted by Crippen LogP contribution is 2.12. The van der Waals surface area contributed by atoms with Gasteiger partial charge in [-0.2, -0.15) is 0 Å². The van der Waals surface area contributed by atoms with E-state index in [0.29, 0.717) is 25.7 Å². The van der Waals surface area contributed by atoms with Crippen molar-refractivity contribution in [2.24, 2.45) is 10.9 Å². The first-order valence-corrected chi connectivity index (χ1v) is 9.46. The molecule has 0 aromatic heterocycles. The van der Waals surface area contributed by atoms with Gasteiger partial charge in [0.15, 0.2) is 5.96 Å². The Hall–Kier alpha value is -1.79. The van der Waals surface area contributed by atoms with Gasteiger partial charge in [-0.25, -0.2) is 4.99 Å². The molecule has 0 heterocycles. The summed E-state index contributed by atoms with van der Waals surface area (Å²) < 4.78 is 16.1. The molecule has 148 valence electrons. The zero-order valence-corrected chi connectivity index (χ0v) is 16.7. The first-order valence-electron chi connectivity index (χ1n) is 9.46. The lowest BCUT2D eigenvalue weighted by Gasteiger charge is -2.12. The van der Waals surface area contributed by atoms with E-state index in [4.69, 9.17) is 14.2 Å². The summed E-state index contributed by atoms with van der Waals surface area (Å²) in [5.41, 5.74) is 1.14. The number of aliphatic imine (C=N–C) groups is 1. The van der Waals surface area contributed by atoms with Crippen LogP contribution in [0, 0.1) is 5.92 Å². The van der Waals surface area contributed by atoms with Crippen LogP contribution in [0.25, 0.3) is 0 Å². The molecule has 0 saturated heterocycles. The molecular weight excluding hydrogens is 330 g/mol. The van der Waals surface area contributed by atoms with Crippen molar-refractivity contribution in [3.05, 3.63) is 29.8 Å². The number of nitrogens with one attached hydrogen (secondary N) is 2. The minimum absolute atomic E-state index is 0.559. The predicted molar refractivity (Wildman–Crippen MR) is 107 cm³/mol. The van der Waals surface area contributed by atoms with Crippen LogP contribution in [0.2, 0.25) is 0 Å². The van der Waals surface area contributed by atoms with E-state index in [1.165, 1.54) is 0 Å². The Balaban J connectivity index is 2.35. The van der Waals surface area contributed by atoms with Gasteiger partial charge in [0.25, 0.3) is 0 Å². The lowest BCUT2D eigenvalue weighted by molar-refractivity contribution is 0.108. The van der Waals surface area contributed by atoms with E-state index in [0.717, 1.165) is 50.0 Å². The largest absolute Gasteiger partial charge is 0.491 e. The Morgan fingerprint density at radius 1 is 1.08 bits per heavy atom. The molecule has 0 atom stereocenters. The van der Waals surface area contributed by atoms with Gasteiger partial charge in [-0.05, 0) is 37.0 Å². The second-order valence-electron chi connectivity index (χ2n) is 6.43. The lowest BCUT2D eigenvalue weighted by Crippen LogP contribution is -2.38. The van der Waals surface area contributed by atoms with Gasteiger partial charge in [-0.1, -0.05) is 26.0 Å². The standard InChI is InChI=1S/C20H35N3O3/c1-5-21-20(22-11-6-12-25-16-17(2)3)23-15-18-7-9-19(10-8-18)26-14-13-24-4/h7-10,17H,5-6,11-16H2,1-4H3,(H2,21,22,23). The molecule has 0 saturated carbocycles. The SMILES string of the molecule is CCNC(=NCc1ccc(OCCOC)cc1)NCCCOCC(C)C. The van der Waals surface area contributed by atoms with Crippen LogP contribution in [0.3, 0.4) is 0 Å². The molecule has 0 aliphatic heterocycles. The van der Waals surface area contributed by atoms with Gasteiger partial charge in [-0.3, -0.25) is 0 Å². The van der Waals surface area contributed by atoms with E-state index in [-0.39, 0.29) is 0 Å². The van der Waals surface area contributed by atoms with Crippen molar-refractivity contribution in [2.45, 2.75) is 33.7 Å². The molecule has 1 rings (SSSR count). The van der Waals surface area contributed by atoms with E-state index in [2.05, 4.69) is 36.4 Å². The summed E-state index contributed by atoms with van der Waals surface area (Å²) in [4.78, 5) is 4.63. The van der Waals surface area contributed by atoms with Gasteiger partial charge >= 0.3 is 0 Å². The Labute approximate surface area is 158 Å². The summed E-state index contributed by atoms with van der Waals surface area (Å²) in [6, 6.07) is 8.00. The second-order valence-corrected chi connectivity index (χ2v) is 6.43. The van der Waals surface area contributed by atoms with Crippen LogP contribution in [0.1, 0.15) is 32.8 Å². The molecule has 2 N–H and O–H groups in total. The molecular formula is C20H35N3O3. The van der Waals surface area contributed by atoms with Crippen molar-refractivity contribution < 1.29 is 14.2 Å². The summed E-state index contributed by atoms with van der Waals surface area (Å²) in [6.45, 7) is 11.4. The molecule has 0 bridgehead atoms. The van der Waals surface area contributed by atoms with Gasteiger partial charge in [0.05, 0.1) is 13.2 Å². The van der Waals surface area contributed by atoms with Gasteiger partial charge in [0.1, 0.15) is 12.4 Å². The van der Waals surface area contributed by atoms with Gasteiger partial charge in [0.2, 0.25) is 0 Å². The Morgan fingerprint density at radius 3 is 2.50 bits per heavy atom.